The molecule has 0 saturated carbocycles. The highest BCUT2D eigenvalue weighted by Crippen LogP contribution is 2.25. The minimum Gasteiger partial charge on any atom is -0.383 e. The van der Waals surface area contributed by atoms with E-state index >= 15 is 0 Å². The number of aromatic nitrogens is 3. The zero-order valence-electron chi connectivity index (χ0n) is 24.8. The molecule has 2 saturated heterocycles. The third-order valence-corrected chi connectivity index (χ3v) is 7.67. The molecule has 5 rings (SSSR count). The molecule has 2 aliphatic rings. The van der Waals surface area contributed by atoms with Gasteiger partial charge in [0.25, 0.3) is 0 Å². The van der Waals surface area contributed by atoms with Gasteiger partial charge >= 0.3 is 0 Å². The number of ether oxygens (including phenoxy) is 1. The Bertz CT molecular complexity index is 1260. The number of hydrogen-bond donors (Lipinski definition) is 2. The molecule has 0 bridgehead atoms. The minimum atomic E-state index is 0.404. The largest absolute Gasteiger partial charge is 0.383 e. The number of H-pyrrole nitrogens is 1. The van der Waals surface area contributed by atoms with Crippen molar-refractivity contribution in [3.8, 4) is 0 Å². The summed E-state index contributed by atoms with van der Waals surface area (Å²) >= 11 is 0. The van der Waals surface area contributed by atoms with Gasteiger partial charge in [-0.2, -0.15) is 0 Å². The predicted octanol–water partition coefficient (Wildman–Crippen LogP) is 6.67. The topological polar surface area (TPSA) is 61.4 Å². The highest BCUT2D eigenvalue weighted by atomic mass is 16.5. The molecule has 0 spiro atoms. The van der Waals surface area contributed by atoms with Crippen LogP contribution in [0.5, 0.6) is 0 Å². The molecule has 2 N–H and O–H groups in total. The standard InChI is InChI=1S/C23H39N5O.C10H9N/c1-5-10-21-18-22(26-11-8-7-9-12-26)25-28(21)23(27-13-15-29-16-14-27)17-20(4)24-19(3)6-2;1-2-8-3-4-10-9(7-8)5-6-11-10/h17-19,24H,4-16H2,1-3H3;2-7,11H,1H2/b23-17-;/t19-;/m1./s1. The van der Waals surface area contributed by atoms with E-state index in [4.69, 9.17) is 9.84 Å². The maximum Gasteiger partial charge on any atom is 0.151 e. The van der Waals surface area contributed by atoms with Gasteiger partial charge in [0.15, 0.2) is 5.82 Å². The second kappa shape index (κ2) is 14.8. The highest BCUT2D eigenvalue weighted by molar-refractivity contribution is 5.81. The van der Waals surface area contributed by atoms with Gasteiger partial charge in [0.05, 0.1) is 13.2 Å². The third kappa shape index (κ3) is 7.81. The predicted molar refractivity (Wildman–Crippen MR) is 169 cm³/mol. The molecule has 216 valence electrons. The second-order valence-corrected chi connectivity index (χ2v) is 10.8. The first-order valence-corrected chi connectivity index (χ1v) is 15.1. The van der Waals surface area contributed by atoms with Gasteiger partial charge in [-0.1, -0.05) is 45.6 Å². The number of nitrogens with one attached hydrogen (secondary N) is 2. The van der Waals surface area contributed by atoms with Crippen LogP contribution in [0.1, 0.15) is 64.1 Å². The van der Waals surface area contributed by atoms with Crippen molar-refractivity contribution in [3.63, 3.8) is 0 Å². The molecule has 0 unspecified atom stereocenters. The number of piperidine rings is 1. The van der Waals surface area contributed by atoms with Crippen LogP contribution in [0, 0.1) is 0 Å². The summed E-state index contributed by atoms with van der Waals surface area (Å²) in [6.45, 7) is 20.1. The molecule has 1 aromatic carbocycles. The van der Waals surface area contributed by atoms with E-state index in [2.05, 4.69) is 89.1 Å². The van der Waals surface area contributed by atoms with E-state index in [0.717, 1.165) is 81.6 Å². The summed E-state index contributed by atoms with van der Waals surface area (Å²) in [5.41, 5.74) is 4.56. The van der Waals surface area contributed by atoms with Crippen LogP contribution in [-0.4, -0.2) is 65.1 Å². The van der Waals surface area contributed by atoms with Gasteiger partial charge in [-0.25, -0.2) is 4.68 Å². The Morgan fingerprint density at radius 1 is 1.10 bits per heavy atom. The molecule has 1 atom stereocenters. The summed E-state index contributed by atoms with van der Waals surface area (Å²) in [5.74, 6) is 2.23. The molecular formula is C33H48N6O. The van der Waals surface area contributed by atoms with E-state index in [1.165, 1.54) is 35.9 Å². The van der Waals surface area contributed by atoms with Crippen molar-refractivity contribution in [3.05, 3.63) is 72.7 Å². The summed E-state index contributed by atoms with van der Waals surface area (Å²) < 4.78 is 7.77. The summed E-state index contributed by atoms with van der Waals surface area (Å²) in [6.07, 6.45) is 13.0. The van der Waals surface area contributed by atoms with Crippen molar-refractivity contribution >= 4 is 28.6 Å². The van der Waals surface area contributed by atoms with Crippen LogP contribution in [-0.2, 0) is 11.2 Å². The van der Waals surface area contributed by atoms with Crippen LogP contribution in [0.4, 0.5) is 5.82 Å². The van der Waals surface area contributed by atoms with Gasteiger partial charge in [0.1, 0.15) is 5.82 Å². The number of nitrogens with zero attached hydrogens (tertiary/aromatic N) is 4. The van der Waals surface area contributed by atoms with E-state index in [1.807, 2.05) is 18.3 Å². The molecule has 0 aliphatic carbocycles. The van der Waals surface area contributed by atoms with Gasteiger partial charge in [0.2, 0.25) is 0 Å². The molecule has 2 aliphatic heterocycles. The lowest BCUT2D eigenvalue weighted by molar-refractivity contribution is 0.0610. The second-order valence-electron chi connectivity index (χ2n) is 10.8. The minimum absolute atomic E-state index is 0.404. The molecule has 3 aromatic rings. The van der Waals surface area contributed by atoms with Crippen LogP contribution < -0.4 is 10.2 Å². The lowest BCUT2D eigenvalue weighted by atomic mass is 10.1. The Kier molecular flexibility index (Phi) is 10.9. The van der Waals surface area contributed by atoms with Gasteiger partial charge in [0, 0.05) is 67.5 Å². The fraction of sp³-hybridized carbons (Fsp3) is 0.485. The van der Waals surface area contributed by atoms with Gasteiger partial charge < -0.3 is 24.8 Å². The van der Waals surface area contributed by atoms with Gasteiger partial charge in [-0.3, -0.25) is 0 Å². The van der Waals surface area contributed by atoms with Crippen LogP contribution in [0.2, 0.25) is 0 Å². The maximum atomic E-state index is 5.61. The lowest BCUT2D eigenvalue weighted by Gasteiger charge is -2.32. The highest BCUT2D eigenvalue weighted by Gasteiger charge is 2.22. The first kappa shape index (κ1) is 29.5. The molecule has 4 heterocycles. The molecule has 2 fully saturated rings. The van der Waals surface area contributed by atoms with Crippen molar-refractivity contribution in [1.29, 1.82) is 0 Å². The molecule has 40 heavy (non-hydrogen) atoms. The summed E-state index contributed by atoms with van der Waals surface area (Å²) in [6, 6.07) is 11.0. The van der Waals surface area contributed by atoms with Gasteiger partial charge in [-0.15, -0.1) is 5.10 Å². The van der Waals surface area contributed by atoms with Crippen molar-refractivity contribution in [2.75, 3.05) is 44.3 Å². The van der Waals surface area contributed by atoms with Crippen LogP contribution in [0.25, 0.3) is 22.8 Å². The SMILES string of the molecule is C=C(/C=C(/N1CCOCC1)n1nc(N2CCCCC2)cc1CCC)N[C@H](C)CC.C=Cc1ccc2[nH]ccc2c1. The average molecular weight is 545 g/mol. The van der Waals surface area contributed by atoms with Crippen LogP contribution >= 0.6 is 0 Å². The molecule has 2 aromatic heterocycles. The Balaban J connectivity index is 0.000000278. The van der Waals surface area contributed by atoms with E-state index in [0.29, 0.717) is 6.04 Å². The van der Waals surface area contributed by atoms with Crippen molar-refractivity contribution in [2.24, 2.45) is 0 Å². The molecule has 7 nitrogen and oxygen atoms in total. The number of aromatic amines is 1. The van der Waals surface area contributed by atoms with E-state index in [1.54, 1.807) is 0 Å². The normalized spacial score (nSPS) is 16.8. The zero-order chi connectivity index (χ0) is 28.3. The number of allylic oxidation sites excluding steroid dienone is 1. The van der Waals surface area contributed by atoms with Crippen LogP contribution in [0.3, 0.4) is 0 Å². The molecule has 7 heteroatoms. The maximum absolute atomic E-state index is 5.61. The van der Waals surface area contributed by atoms with Crippen LogP contribution in [0.15, 0.2) is 61.5 Å². The number of morpholine rings is 1. The summed E-state index contributed by atoms with van der Waals surface area (Å²) in [4.78, 5) is 7.97. The summed E-state index contributed by atoms with van der Waals surface area (Å²) in [7, 11) is 0. The fourth-order valence-corrected chi connectivity index (χ4v) is 5.21. The number of fused-ring (bicyclic) bond motifs is 1. The van der Waals surface area contributed by atoms with Gasteiger partial charge in [-0.05, 0) is 68.2 Å². The zero-order valence-corrected chi connectivity index (χ0v) is 24.8. The number of rotatable bonds is 10. The number of benzene rings is 1. The number of hydrogen-bond acceptors (Lipinski definition) is 5. The Hall–Kier alpha value is -3.45. The first-order chi connectivity index (χ1) is 19.5. The van der Waals surface area contributed by atoms with E-state index in [9.17, 15) is 0 Å². The Labute approximate surface area is 240 Å². The number of aryl methyl sites for hydroxylation is 1. The Morgan fingerprint density at radius 2 is 1.88 bits per heavy atom. The van der Waals surface area contributed by atoms with Crippen molar-refractivity contribution in [2.45, 2.75) is 65.3 Å². The van der Waals surface area contributed by atoms with E-state index in [-0.39, 0.29) is 0 Å². The van der Waals surface area contributed by atoms with Crippen molar-refractivity contribution in [1.82, 2.24) is 25.0 Å². The Morgan fingerprint density at radius 3 is 2.58 bits per heavy atom. The van der Waals surface area contributed by atoms with Crippen molar-refractivity contribution < 1.29 is 4.74 Å². The fourth-order valence-electron chi connectivity index (χ4n) is 5.21. The first-order valence-electron chi connectivity index (χ1n) is 15.1. The molecule has 0 radical (unpaired) electrons. The molecular weight excluding hydrogens is 496 g/mol. The monoisotopic (exact) mass is 544 g/mol. The molecule has 0 amide bonds. The van der Waals surface area contributed by atoms with E-state index < -0.39 is 0 Å². The third-order valence-electron chi connectivity index (χ3n) is 7.67. The number of anilines is 1. The lowest BCUT2D eigenvalue weighted by Crippen LogP contribution is -2.38. The average Bonchev–Trinajstić information content (AvgIpc) is 3.64. The smallest absolute Gasteiger partial charge is 0.151 e. The quantitative estimate of drug-likeness (QED) is 0.279. The summed E-state index contributed by atoms with van der Waals surface area (Å²) in [5, 5.41) is 9.85.